The molecule has 2 nitrogen and oxygen atoms in total. The van der Waals surface area contributed by atoms with Gasteiger partial charge in [-0.2, -0.15) is 0 Å². The van der Waals surface area contributed by atoms with E-state index in [1.165, 1.54) is 5.56 Å². The first-order valence-corrected chi connectivity index (χ1v) is 7.39. The standard InChI is InChI=1S/C18H26O2/c1-5-12-18(15(3)4,14-17(19)20-6-2)13-16-10-8-7-9-11-16/h7-11H,3,5-6,12-14H2,1-2,4H3. The van der Waals surface area contributed by atoms with Gasteiger partial charge in [0.2, 0.25) is 0 Å². The van der Waals surface area contributed by atoms with Crippen molar-refractivity contribution in [3.05, 3.63) is 48.0 Å². The van der Waals surface area contributed by atoms with Crippen LogP contribution in [0.15, 0.2) is 42.5 Å². The number of hydrogen-bond donors (Lipinski definition) is 0. The van der Waals surface area contributed by atoms with Gasteiger partial charge in [-0.25, -0.2) is 0 Å². The first-order valence-electron chi connectivity index (χ1n) is 7.39. The molecule has 0 saturated heterocycles. The highest BCUT2D eigenvalue weighted by Crippen LogP contribution is 2.39. The molecule has 0 spiro atoms. The molecule has 0 aliphatic carbocycles. The molecule has 0 heterocycles. The smallest absolute Gasteiger partial charge is 0.306 e. The van der Waals surface area contributed by atoms with Crippen molar-refractivity contribution in [3.63, 3.8) is 0 Å². The number of carbonyl (C=O) groups excluding carboxylic acids is 1. The van der Waals surface area contributed by atoms with Gasteiger partial charge in [-0.3, -0.25) is 4.79 Å². The predicted molar refractivity (Wildman–Crippen MR) is 83.6 cm³/mol. The van der Waals surface area contributed by atoms with E-state index in [9.17, 15) is 4.79 Å². The molecule has 0 fully saturated rings. The molecule has 110 valence electrons. The van der Waals surface area contributed by atoms with Gasteiger partial charge in [0, 0.05) is 5.41 Å². The molecular formula is C18H26O2. The number of esters is 1. The van der Waals surface area contributed by atoms with Gasteiger partial charge in [0.05, 0.1) is 13.0 Å². The van der Waals surface area contributed by atoms with Gasteiger partial charge in [0.1, 0.15) is 0 Å². The van der Waals surface area contributed by atoms with Crippen molar-refractivity contribution in [2.24, 2.45) is 5.41 Å². The van der Waals surface area contributed by atoms with E-state index in [1.807, 2.05) is 32.0 Å². The van der Waals surface area contributed by atoms with Crippen molar-refractivity contribution in [2.75, 3.05) is 6.61 Å². The zero-order valence-corrected chi connectivity index (χ0v) is 12.9. The monoisotopic (exact) mass is 274 g/mol. The van der Waals surface area contributed by atoms with Crippen LogP contribution in [0.3, 0.4) is 0 Å². The van der Waals surface area contributed by atoms with Crippen LogP contribution < -0.4 is 0 Å². The van der Waals surface area contributed by atoms with Crippen LogP contribution in [-0.2, 0) is 16.0 Å². The van der Waals surface area contributed by atoms with E-state index in [1.54, 1.807) is 0 Å². The molecule has 0 bridgehead atoms. The Morgan fingerprint density at radius 3 is 2.40 bits per heavy atom. The average molecular weight is 274 g/mol. The number of benzene rings is 1. The van der Waals surface area contributed by atoms with E-state index in [-0.39, 0.29) is 11.4 Å². The molecule has 0 aliphatic rings. The zero-order valence-electron chi connectivity index (χ0n) is 12.9. The fraction of sp³-hybridized carbons (Fsp3) is 0.500. The lowest BCUT2D eigenvalue weighted by molar-refractivity contribution is -0.145. The Bertz CT molecular complexity index is 436. The van der Waals surface area contributed by atoms with Crippen LogP contribution in [0, 0.1) is 5.41 Å². The zero-order chi connectivity index (χ0) is 15.0. The third kappa shape index (κ3) is 4.52. The lowest BCUT2D eigenvalue weighted by Crippen LogP contribution is -2.29. The lowest BCUT2D eigenvalue weighted by Gasteiger charge is -2.34. The van der Waals surface area contributed by atoms with Crippen molar-refractivity contribution in [1.82, 2.24) is 0 Å². The van der Waals surface area contributed by atoms with Gasteiger partial charge in [0.15, 0.2) is 0 Å². The summed E-state index contributed by atoms with van der Waals surface area (Å²) in [5.74, 6) is -0.125. The summed E-state index contributed by atoms with van der Waals surface area (Å²) in [5, 5.41) is 0. The molecule has 0 aliphatic heterocycles. The molecule has 1 aromatic carbocycles. The van der Waals surface area contributed by atoms with E-state index in [2.05, 4.69) is 25.6 Å². The highest BCUT2D eigenvalue weighted by atomic mass is 16.5. The summed E-state index contributed by atoms with van der Waals surface area (Å²) in [6, 6.07) is 10.3. The van der Waals surface area contributed by atoms with Gasteiger partial charge < -0.3 is 4.74 Å². The molecule has 2 heteroatoms. The topological polar surface area (TPSA) is 26.3 Å². The molecule has 0 saturated carbocycles. The van der Waals surface area contributed by atoms with Gasteiger partial charge >= 0.3 is 5.97 Å². The Morgan fingerprint density at radius 1 is 1.25 bits per heavy atom. The van der Waals surface area contributed by atoms with Crippen molar-refractivity contribution < 1.29 is 9.53 Å². The SMILES string of the molecule is C=C(C)C(CCC)(CC(=O)OCC)Cc1ccccc1. The Balaban J connectivity index is 2.98. The van der Waals surface area contributed by atoms with Crippen LogP contribution in [0.25, 0.3) is 0 Å². The van der Waals surface area contributed by atoms with Gasteiger partial charge in [-0.05, 0) is 32.3 Å². The molecule has 1 atom stereocenters. The highest BCUT2D eigenvalue weighted by molar-refractivity contribution is 5.71. The quantitative estimate of drug-likeness (QED) is 0.513. The predicted octanol–water partition coefficient (Wildman–Crippen LogP) is 4.54. The van der Waals surface area contributed by atoms with Crippen molar-refractivity contribution in [3.8, 4) is 0 Å². The van der Waals surface area contributed by atoms with Gasteiger partial charge in [-0.15, -0.1) is 0 Å². The number of rotatable bonds is 8. The van der Waals surface area contributed by atoms with Crippen molar-refractivity contribution in [1.29, 1.82) is 0 Å². The summed E-state index contributed by atoms with van der Waals surface area (Å²) in [5.41, 5.74) is 2.12. The second-order valence-corrected chi connectivity index (χ2v) is 5.45. The fourth-order valence-electron chi connectivity index (χ4n) is 2.71. The minimum absolute atomic E-state index is 0.125. The van der Waals surface area contributed by atoms with E-state index >= 15 is 0 Å². The Hall–Kier alpha value is -1.57. The second kappa shape index (κ2) is 7.88. The van der Waals surface area contributed by atoms with E-state index in [0.29, 0.717) is 13.0 Å². The van der Waals surface area contributed by atoms with Crippen LogP contribution in [-0.4, -0.2) is 12.6 Å². The number of ether oxygens (including phenoxy) is 1. The largest absolute Gasteiger partial charge is 0.466 e. The summed E-state index contributed by atoms with van der Waals surface area (Å²) >= 11 is 0. The van der Waals surface area contributed by atoms with Gasteiger partial charge in [-0.1, -0.05) is 55.8 Å². The fourth-order valence-corrected chi connectivity index (χ4v) is 2.71. The molecule has 1 unspecified atom stereocenters. The van der Waals surface area contributed by atoms with Crippen LogP contribution in [0.5, 0.6) is 0 Å². The minimum atomic E-state index is -0.192. The Kier molecular flexibility index (Phi) is 6.50. The normalized spacial score (nSPS) is 13.6. The van der Waals surface area contributed by atoms with E-state index in [0.717, 1.165) is 24.8 Å². The molecular weight excluding hydrogens is 248 g/mol. The Morgan fingerprint density at radius 2 is 1.90 bits per heavy atom. The first-order chi connectivity index (χ1) is 9.54. The highest BCUT2D eigenvalue weighted by Gasteiger charge is 2.33. The molecule has 0 aromatic heterocycles. The second-order valence-electron chi connectivity index (χ2n) is 5.45. The molecule has 0 N–H and O–H groups in total. The summed E-state index contributed by atoms with van der Waals surface area (Å²) in [6.07, 6.45) is 3.24. The summed E-state index contributed by atoms with van der Waals surface area (Å²) in [7, 11) is 0. The summed E-state index contributed by atoms with van der Waals surface area (Å²) < 4.78 is 5.15. The van der Waals surface area contributed by atoms with Crippen LogP contribution in [0.4, 0.5) is 0 Å². The maximum absolute atomic E-state index is 12.0. The van der Waals surface area contributed by atoms with Crippen LogP contribution >= 0.6 is 0 Å². The van der Waals surface area contributed by atoms with Crippen LogP contribution in [0.1, 0.15) is 45.6 Å². The maximum Gasteiger partial charge on any atom is 0.306 e. The average Bonchev–Trinajstić information content (AvgIpc) is 2.40. The molecule has 1 aromatic rings. The number of carbonyl (C=O) groups is 1. The first kappa shape index (κ1) is 16.5. The minimum Gasteiger partial charge on any atom is -0.466 e. The molecule has 1 rings (SSSR count). The van der Waals surface area contributed by atoms with E-state index < -0.39 is 0 Å². The number of allylic oxidation sites excluding steroid dienone is 1. The lowest BCUT2D eigenvalue weighted by atomic mass is 9.70. The molecule has 0 amide bonds. The summed E-state index contributed by atoms with van der Waals surface area (Å²) in [6.45, 7) is 10.6. The van der Waals surface area contributed by atoms with Gasteiger partial charge in [0.25, 0.3) is 0 Å². The van der Waals surface area contributed by atoms with E-state index in [4.69, 9.17) is 4.74 Å². The van der Waals surface area contributed by atoms with Crippen molar-refractivity contribution >= 4 is 5.97 Å². The Labute approximate surface area is 122 Å². The maximum atomic E-state index is 12.0. The molecule has 20 heavy (non-hydrogen) atoms. The third-order valence-corrected chi connectivity index (χ3v) is 3.81. The number of hydrogen-bond acceptors (Lipinski definition) is 2. The summed E-state index contributed by atoms with van der Waals surface area (Å²) in [4.78, 5) is 12.0. The van der Waals surface area contributed by atoms with Crippen molar-refractivity contribution in [2.45, 2.75) is 46.5 Å². The van der Waals surface area contributed by atoms with Crippen LogP contribution in [0.2, 0.25) is 0 Å². The third-order valence-electron chi connectivity index (χ3n) is 3.81. The molecule has 0 radical (unpaired) electrons.